The SMILES string of the molecule is CCOC(=O)C(C)Nc1cccc(SCC)c1C#N. The lowest BCUT2D eigenvalue weighted by Gasteiger charge is -2.16. The normalized spacial score (nSPS) is 11.5. The molecule has 1 atom stereocenters. The Morgan fingerprint density at radius 2 is 2.26 bits per heavy atom. The highest BCUT2D eigenvalue weighted by atomic mass is 32.2. The Labute approximate surface area is 118 Å². The van der Waals surface area contributed by atoms with Gasteiger partial charge in [0.1, 0.15) is 12.1 Å². The summed E-state index contributed by atoms with van der Waals surface area (Å²) in [5.41, 5.74) is 1.24. The molecule has 1 rings (SSSR count). The first-order valence-corrected chi connectivity index (χ1v) is 7.21. The number of benzene rings is 1. The molecule has 0 aliphatic carbocycles. The molecule has 0 saturated carbocycles. The van der Waals surface area contributed by atoms with Crippen LogP contribution >= 0.6 is 11.8 Å². The van der Waals surface area contributed by atoms with Crippen LogP contribution < -0.4 is 5.32 Å². The zero-order valence-corrected chi connectivity index (χ0v) is 12.2. The summed E-state index contributed by atoms with van der Waals surface area (Å²) in [5.74, 6) is 0.575. The number of nitriles is 1. The maximum atomic E-state index is 11.6. The van der Waals surface area contributed by atoms with Crippen LogP contribution in [0, 0.1) is 11.3 Å². The maximum Gasteiger partial charge on any atom is 0.328 e. The van der Waals surface area contributed by atoms with E-state index in [4.69, 9.17) is 4.74 Å². The molecule has 0 radical (unpaired) electrons. The fourth-order valence-electron chi connectivity index (χ4n) is 1.60. The number of anilines is 1. The molecule has 0 spiro atoms. The Kier molecular flexibility index (Phi) is 6.23. The fraction of sp³-hybridized carbons (Fsp3) is 0.429. The third-order valence-electron chi connectivity index (χ3n) is 2.45. The van der Waals surface area contributed by atoms with Gasteiger partial charge < -0.3 is 10.1 Å². The summed E-state index contributed by atoms with van der Waals surface area (Å²) in [4.78, 5) is 12.5. The number of rotatable bonds is 6. The van der Waals surface area contributed by atoms with Gasteiger partial charge in [0.15, 0.2) is 0 Å². The molecule has 0 aliphatic heterocycles. The van der Waals surface area contributed by atoms with Crippen LogP contribution in [0.3, 0.4) is 0 Å². The lowest BCUT2D eigenvalue weighted by molar-refractivity contribution is -0.143. The van der Waals surface area contributed by atoms with Crippen molar-refractivity contribution in [1.82, 2.24) is 0 Å². The second-order valence-corrected chi connectivity index (χ2v) is 5.15. The van der Waals surface area contributed by atoms with E-state index in [2.05, 4.69) is 11.4 Å². The van der Waals surface area contributed by atoms with E-state index >= 15 is 0 Å². The first-order valence-electron chi connectivity index (χ1n) is 6.23. The molecule has 1 unspecified atom stereocenters. The molecule has 0 heterocycles. The van der Waals surface area contributed by atoms with E-state index in [9.17, 15) is 10.1 Å². The maximum absolute atomic E-state index is 11.6. The van der Waals surface area contributed by atoms with Crippen molar-refractivity contribution >= 4 is 23.4 Å². The number of hydrogen-bond acceptors (Lipinski definition) is 5. The Bertz CT molecular complexity index is 483. The molecule has 102 valence electrons. The molecule has 0 bridgehead atoms. The van der Waals surface area contributed by atoms with Crippen LogP contribution in [-0.4, -0.2) is 24.4 Å². The van der Waals surface area contributed by atoms with Crippen molar-refractivity contribution in [2.75, 3.05) is 17.7 Å². The first-order chi connectivity index (χ1) is 9.13. The number of nitrogens with zero attached hydrogens (tertiary/aromatic N) is 1. The Morgan fingerprint density at radius 1 is 1.53 bits per heavy atom. The lowest BCUT2D eigenvalue weighted by atomic mass is 10.1. The highest BCUT2D eigenvalue weighted by molar-refractivity contribution is 7.99. The van der Waals surface area contributed by atoms with E-state index in [1.165, 1.54) is 0 Å². The molecule has 4 nitrogen and oxygen atoms in total. The van der Waals surface area contributed by atoms with Gasteiger partial charge in [-0.3, -0.25) is 0 Å². The van der Waals surface area contributed by atoms with Crippen molar-refractivity contribution in [3.8, 4) is 6.07 Å². The van der Waals surface area contributed by atoms with E-state index in [1.807, 2.05) is 19.1 Å². The van der Waals surface area contributed by atoms with Gasteiger partial charge in [-0.2, -0.15) is 5.26 Å². The number of ether oxygens (including phenoxy) is 1. The molecule has 0 amide bonds. The molecule has 0 fully saturated rings. The van der Waals surface area contributed by atoms with Gasteiger partial charge in [0.2, 0.25) is 0 Å². The van der Waals surface area contributed by atoms with E-state index in [0.29, 0.717) is 17.9 Å². The van der Waals surface area contributed by atoms with Gasteiger partial charge in [-0.25, -0.2) is 4.79 Å². The number of carbonyl (C=O) groups is 1. The Hall–Kier alpha value is -1.67. The summed E-state index contributed by atoms with van der Waals surface area (Å²) in [6.07, 6.45) is 0. The minimum absolute atomic E-state index is 0.320. The van der Waals surface area contributed by atoms with Crippen LogP contribution in [0.1, 0.15) is 26.3 Å². The monoisotopic (exact) mass is 278 g/mol. The summed E-state index contributed by atoms with van der Waals surface area (Å²) < 4.78 is 4.94. The second-order valence-electron chi connectivity index (χ2n) is 3.84. The predicted molar refractivity (Wildman–Crippen MR) is 77.3 cm³/mol. The molecule has 19 heavy (non-hydrogen) atoms. The van der Waals surface area contributed by atoms with Crippen molar-refractivity contribution in [2.45, 2.75) is 31.7 Å². The number of hydrogen-bond donors (Lipinski definition) is 1. The van der Waals surface area contributed by atoms with Gasteiger partial charge in [0.05, 0.1) is 17.9 Å². The highest BCUT2D eigenvalue weighted by Gasteiger charge is 2.16. The van der Waals surface area contributed by atoms with Crippen LogP contribution in [0.25, 0.3) is 0 Å². The second kappa shape index (κ2) is 7.70. The van der Waals surface area contributed by atoms with E-state index in [-0.39, 0.29) is 5.97 Å². The van der Waals surface area contributed by atoms with E-state index < -0.39 is 6.04 Å². The van der Waals surface area contributed by atoms with Crippen molar-refractivity contribution in [1.29, 1.82) is 5.26 Å². The number of thioether (sulfide) groups is 1. The predicted octanol–water partition coefficient (Wildman–Crippen LogP) is 3.03. The molecule has 1 aromatic carbocycles. The van der Waals surface area contributed by atoms with Crippen LogP contribution in [0.4, 0.5) is 5.69 Å². The fourth-order valence-corrected chi connectivity index (χ4v) is 2.39. The number of nitrogens with one attached hydrogen (secondary N) is 1. The van der Waals surface area contributed by atoms with Gasteiger partial charge >= 0.3 is 5.97 Å². The molecule has 0 saturated heterocycles. The van der Waals surface area contributed by atoms with E-state index in [0.717, 1.165) is 10.6 Å². The Morgan fingerprint density at radius 3 is 2.84 bits per heavy atom. The summed E-state index contributed by atoms with van der Waals surface area (Å²) >= 11 is 1.61. The highest BCUT2D eigenvalue weighted by Crippen LogP contribution is 2.28. The average Bonchev–Trinajstić information content (AvgIpc) is 2.39. The zero-order chi connectivity index (χ0) is 14.3. The average molecular weight is 278 g/mol. The van der Waals surface area contributed by atoms with Gasteiger partial charge in [0, 0.05) is 4.90 Å². The smallest absolute Gasteiger partial charge is 0.328 e. The molecule has 5 heteroatoms. The van der Waals surface area contributed by atoms with Gasteiger partial charge in [-0.1, -0.05) is 13.0 Å². The summed E-state index contributed by atoms with van der Waals surface area (Å²) in [7, 11) is 0. The van der Waals surface area contributed by atoms with Crippen LogP contribution in [0.15, 0.2) is 23.1 Å². The summed E-state index contributed by atoms with van der Waals surface area (Å²) in [6, 6.07) is 7.30. The molecular weight excluding hydrogens is 260 g/mol. The minimum Gasteiger partial charge on any atom is -0.464 e. The molecule has 1 aromatic rings. The van der Waals surface area contributed by atoms with Crippen LogP contribution in [0.5, 0.6) is 0 Å². The van der Waals surface area contributed by atoms with Crippen molar-refractivity contribution in [2.24, 2.45) is 0 Å². The van der Waals surface area contributed by atoms with Gasteiger partial charge in [-0.05, 0) is 31.7 Å². The number of carbonyl (C=O) groups excluding carboxylic acids is 1. The summed E-state index contributed by atoms with van der Waals surface area (Å²) in [5, 5.41) is 12.3. The lowest BCUT2D eigenvalue weighted by Crippen LogP contribution is -2.28. The minimum atomic E-state index is -0.478. The first kappa shape index (κ1) is 15.4. The molecule has 0 aliphatic rings. The largest absolute Gasteiger partial charge is 0.464 e. The third-order valence-corrected chi connectivity index (χ3v) is 3.39. The standard InChI is InChI=1S/C14H18N2O2S/c1-4-18-14(17)10(3)16-12-7-6-8-13(19-5-2)11(12)9-15/h6-8,10,16H,4-5H2,1-3H3. The topological polar surface area (TPSA) is 62.1 Å². The van der Waals surface area contributed by atoms with Gasteiger partial charge in [0.25, 0.3) is 0 Å². The molecular formula is C14H18N2O2S. The van der Waals surface area contributed by atoms with E-state index in [1.54, 1.807) is 31.7 Å². The van der Waals surface area contributed by atoms with Crippen molar-refractivity contribution in [3.63, 3.8) is 0 Å². The quantitative estimate of drug-likeness (QED) is 0.640. The van der Waals surface area contributed by atoms with Crippen LogP contribution in [0.2, 0.25) is 0 Å². The third kappa shape index (κ3) is 4.18. The molecule has 1 N–H and O–H groups in total. The summed E-state index contributed by atoms with van der Waals surface area (Å²) in [6.45, 7) is 5.87. The van der Waals surface area contributed by atoms with Gasteiger partial charge in [-0.15, -0.1) is 11.8 Å². The zero-order valence-electron chi connectivity index (χ0n) is 11.4. The van der Waals surface area contributed by atoms with Crippen molar-refractivity contribution < 1.29 is 9.53 Å². The Balaban J connectivity index is 2.92. The van der Waals surface area contributed by atoms with Crippen molar-refractivity contribution in [3.05, 3.63) is 23.8 Å². The van der Waals surface area contributed by atoms with Crippen LogP contribution in [-0.2, 0) is 9.53 Å². The number of esters is 1. The molecule has 0 aromatic heterocycles.